The highest BCUT2D eigenvalue weighted by Crippen LogP contribution is 2.34. The van der Waals surface area contributed by atoms with Crippen molar-refractivity contribution < 1.29 is 9.90 Å². The summed E-state index contributed by atoms with van der Waals surface area (Å²) in [5.74, 6) is -0.602. The Hall–Kier alpha value is -1.54. The fraction of sp³-hybridized carbons (Fsp3) is 0.333. The van der Waals surface area contributed by atoms with Crippen LogP contribution in [0.4, 0.5) is 5.69 Å². The van der Waals surface area contributed by atoms with Gasteiger partial charge in [0.15, 0.2) is 0 Å². The van der Waals surface area contributed by atoms with Gasteiger partial charge in [0.05, 0.1) is 5.56 Å². The van der Waals surface area contributed by atoms with Gasteiger partial charge < -0.3 is 10.4 Å². The van der Waals surface area contributed by atoms with E-state index in [-0.39, 0.29) is 5.92 Å². The molecule has 1 unspecified atom stereocenters. The minimum absolute atomic E-state index is 0.224. The molecule has 0 spiro atoms. The van der Waals surface area contributed by atoms with Crippen molar-refractivity contribution in [3.8, 4) is 6.07 Å². The van der Waals surface area contributed by atoms with Crippen molar-refractivity contribution in [2.75, 3.05) is 5.32 Å². The predicted molar refractivity (Wildman–Crippen MR) is 66.6 cm³/mol. The number of rotatable bonds is 4. The van der Waals surface area contributed by atoms with Gasteiger partial charge in [-0.05, 0) is 52.9 Å². The quantitative estimate of drug-likeness (QED) is 0.895. The van der Waals surface area contributed by atoms with E-state index in [0.29, 0.717) is 10.0 Å². The second-order valence-electron chi connectivity index (χ2n) is 4.10. The number of anilines is 1. The molecule has 17 heavy (non-hydrogen) atoms. The number of nitrogens with zero attached hydrogens (tertiary/aromatic N) is 1. The standard InChI is InChI=1S/C12H11BrN2O2/c13-10-5-9(4-3-8(10)6-14)15-11(12(16)17)7-1-2-7/h3-5,7,11,15H,1-2H2,(H,16,17). The van der Waals surface area contributed by atoms with Crippen LogP contribution in [0.1, 0.15) is 18.4 Å². The molecule has 0 aromatic heterocycles. The van der Waals surface area contributed by atoms with Crippen LogP contribution in [0.5, 0.6) is 0 Å². The number of carboxylic acid groups (broad SMARTS) is 1. The molecule has 1 aromatic rings. The zero-order chi connectivity index (χ0) is 12.4. The Morgan fingerprint density at radius 3 is 2.76 bits per heavy atom. The third-order valence-corrected chi connectivity index (χ3v) is 3.43. The van der Waals surface area contributed by atoms with Crippen LogP contribution < -0.4 is 5.32 Å². The topological polar surface area (TPSA) is 73.1 Å². The Labute approximate surface area is 107 Å². The first-order valence-electron chi connectivity index (χ1n) is 5.31. The summed E-state index contributed by atoms with van der Waals surface area (Å²) in [6.45, 7) is 0. The first-order valence-corrected chi connectivity index (χ1v) is 6.10. The molecule has 0 heterocycles. The van der Waals surface area contributed by atoms with Gasteiger partial charge in [-0.3, -0.25) is 0 Å². The normalized spacial score (nSPS) is 16.0. The number of halogens is 1. The summed E-state index contributed by atoms with van der Waals surface area (Å²) in [4.78, 5) is 11.1. The van der Waals surface area contributed by atoms with Crippen LogP contribution in [0.15, 0.2) is 22.7 Å². The average molecular weight is 295 g/mol. The van der Waals surface area contributed by atoms with Crippen molar-refractivity contribution in [2.24, 2.45) is 5.92 Å². The maximum absolute atomic E-state index is 11.1. The highest BCUT2D eigenvalue weighted by Gasteiger charge is 2.36. The molecule has 1 aliphatic carbocycles. The second-order valence-corrected chi connectivity index (χ2v) is 4.96. The Bertz CT molecular complexity index is 492. The molecule has 0 aliphatic heterocycles. The van der Waals surface area contributed by atoms with Gasteiger partial charge in [-0.2, -0.15) is 5.26 Å². The first-order chi connectivity index (χ1) is 8.11. The van der Waals surface area contributed by atoms with Crippen molar-refractivity contribution >= 4 is 27.6 Å². The summed E-state index contributed by atoms with van der Waals surface area (Å²) in [6, 6.07) is 6.63. The van der Waals surface area contributed by atoms with Crippen molar-refractivity contribution in [2.45, 2.75) is 18.9 Å². The van der Waals surface area contributed by atoms with Crippen molar-refractivity contribution in [3.05, 3.63) is 28.2 Å². The molecule has 0 amide bonds. The van der Waals surface area contributed by atoms with Crippen LogP contribution in [0.2, 0.25) is 0 Å². The maximum atomic E-state index is 11.1. The van der Waals surface area contributed by atoms with Gasteiger partial charge in [-0.1, -0.05) is 0 Å². The average Bonchev–Trinajstić information content (AvgIpc) is 3.09. The molecule has 1 atom stereocenters. The van der Waals surface area contributed by atoms with Crippen LogP contribution in [-0.2, 0) is 4.79 Å². The zero-order valence-electron chi connectivity index (χ0n) is 8.98. The summed E-state index contributed by atoms with van der Waals surface area (Å²) in [5, 5.41) is 20.9. The van der Waals surface area contributed by atoms with E-state index >= 15 is 0 Å². The number of benzene rings is 1. The zero-order valence-corrected chi connectivity index (χ0v) is 10.6. The molecule has 0 radical (unpaired) electrons. The molecule has 1 aliphatic rings. The number of carbonyl (C=O) groups is 1. The van der Waals surface area contributed by atoms with E-state index < -0.39 is 12.0 Å². The lowest BCUT2D eigenvalue weighted by Gasteiger charge is -2.15. The lowest BCUT2D eigenvalue weighted by molar-refractivity contribution is -0.138. The van der Waals surface area contributed by atoms with E-state index in [2.05, 4.69) is 21.2 Å². The number of nitrogens with one attached hydrogen (secondary N) is 1. The molecule has 2 N–H and O–H groups in total. The second kappa shape index (κ2) is 4.76. The Kier molecular flexibility index (Phi) is 3.34. The van der Waals surface area contributed by atoms with Gasteiger partial charge in [0, 0.05) is 10.2 Å². The molecular formula is C12H11BrN2O2. The van der Waals surface area contributed by atoms with E-state index in [9.17, 15) is 4.79 Å². The van der Waals surface area contributed by atoms with Crippen LogP contribution in [0.3, 0.4) is 0 Å². The molecule has 88 valence electrons. The van der Waals surface area contributed by atoms with Gasteiger partial charge in [0.25, 0.3) is 0 Å². The number of nitriles is 1. The lowest BCUT2D eigenvalue weighted by Crippen LogP contribution is -2.31. The SMILES string of the molecule is N#Cc1ccc(NC(C(=O)O)C2CC2)cc1Br. The number of carboxylic acids is 1. The largest absolute Gasteiger partial charge is 0.480 e. The fourth-order valence-electron chi connectivity index (χ4n) is 1.69. The fourth-order valence-corrected chi connectivity index (χ4v) is 2.15. The van der Waals surface area contributed by atoms with E-state index in [4.69, 9.17) is 10.4 Å². The minimum Gasteiger partial charge on any atom is -0.480 e. The van der Waals surface area contributed by atoms with Crippen LogP contribution >= 0.6 is 15.9 Å². The van der Waals surface area contributed by atoms with Gasteiger partial charge in [-0.25, -0.2) is 4.79 Å². The molecule has 1 aromatic carbocycles. The Morgan fingerprint density at radius 1 is 1.59 bits per heavy atom. The summed E-state index contributed by atoms with van der Waals surface area (Å²) in [7, 11) is 0. The molecule has 5 heteroatoms. The van der Waals surface area contributed by atoms with Gasteiger partial charge in [0.1, 0.15) is 12.1 Å². The summed E-state index contributed by atoms with van der Waals surface area (Å²) >= 11 is 3.28. The monoisotopic (exact) mass is 294 g/mol. The smallest absolute Gasteiger partial charge is 0.326 e. The first kappa shape index (κ1) is 11.9. The summed E-state index contributed by atoms with van der Waals surface area (Å²) in [5.41, 5.74) is 1.25. The molecule has 0 saturated heterocycles. The van der Waals surface area contributed by atoms with E-state index in [1.54, 1.807) is 18.2 Å². The number of hydrogen-bond donors (Lipinski definition) is 2. The Balaban J connectivity index is 2.15. The predicted octanol–water partition coefficient (Wildman–Crippen LogP) is 2.60. The number of hydrogen-bond acceptors (Lipinski definition) is 3. The Morgan fingerprint density at radius 2 is 2.29 bits per heavy atom. The highest BCUT2D eigenvalue weighted by atomic mass is 79.9. The van der Waals surface area contributed by atoms with Crippen LogP contribution in [-0.4, -0.2) is 17.1 Å². The summed E-state index contributed by atoms with van der Waals surface area (Å²) < 4.78 is 0.671. The van der Waals surface area contributed by atoms with Gasteiger partial charge >= 0.3 is 5.97 Å². The minimum atomic E-state index is -0.826. The summed E-state index contributed by atoms with van der Waals surface area (Å²) in [6.07, 6.45) is 1.92. The number of aliphatic carboxylic acids is 1. The van der Waals surface area contributed by atoms with E-state index in [1.165, 1.54) is 0 Å². The van der Waals surface area contributed by atoms with Gasteiger partial charge in [-0.15, -0.1) is 0 Å². The molecule has 1 saturated carbocycles. The maximum Gasteiger partial charge on any atom is 0.326 e. The highest BCUT2D eigenvalue weighted by molar-refractivity contribution is 9.10. The molecule has 2 rings (SSSR count). The van der Waals surface area contributed by atoms with E-state index in [0.717, 1.165) is 18.5 Å². The van der Waals surface area contributed by atoms with Crippen LogP contribution in [0, 0.1) is 17.2 Å². The third kappa shape index (κ3) is 2.77. The van der Waals surface area contributed by atoms with Crippen molar-refractivity contribution in [3.63, 3.8) is 0 Å². The van der Waals surface area contributed by atoms with E-state index in [1.807, 2.05) is 6.07 Å². The van der Waals surface area contributed by atoms with Crippen molar-refractivity contribution in [1.29, 1.82) is 5.26 Å². The molecule has 4 nitrogen and oxygen atoms in total. The molecule has 1 fully saturated rings. The molecule has 0 bridgehead atoms. The molecular weight excluding hydrogens is 284 g/mol. The third-order valence-electron chi connectivity index (χ3n) is 2.77. The lowest BCUT2D eigenvalue weighted by atomic mass is 10.1. The van der Waals surface area contributed by atoms with Crippen LogP contribution in [0.25, 0.3) is 0 Å². The van der Waals surface area contributed by atoms with Crippen molar-refractivity contribution in [1.82, 2.24) is 0 Å². The van der Waals surface area contributed by atoms with Gasteiger partial charge in [0.2, 0.25) is 0 Å².